The van der Waals surface area contributed by atoms with E-state index in [2.05, 4.69) is 20.6 Å². The molecule has 4 rings (SSSR count). The lowest BCUT2D eigenvalue weighted by Crippen LogP contribution is -2.12. The van der Waals surface area contributed by atoms with E-state index in [0.29, 0.717) is 44.5 Å². The predicted octanol–water partition coefficient (Wildman–Crippen LogP) is 3.14. The third-order valence-electron chi connectivity index (χ3n) is 4.50. The molecule has 0 radical (unpaired) electrons. The Bertz CT molecular complexity index is 1250. The van der Waals surface area contributed by atoms with Crippen molar-refractivity contribution in [3.8, 4) is 34.4 Å². The van der Waals surface area contributed by atoms with Crippen molar-refractivity contribution in [3.63, 3.8) is 0 Å². The maximum Gasteiger partial charge on any atom is 0.257 e. The first-order valence-electron chi connectivity index (χ1n) is 9.06. The average Bonchev–Trinajstić information content (AvgIpc) is 3.38. The molecule has 0 saturated heterocycles. The highest BCUT2D eigenvalue weighted by molar-refractivity contribution is 7.20. The fourth-order valence-electron chi connectivity index (χ4n) is 2.97. The second-order valence-electron chi connectivity index (χ2n) is 6.22. The third kappa shape index (κ3) is 3.82. The van der Waals surface area contributed by atoms with E-state index in [9.17, 15) is 4.79 Å². The van der Waals surface area contributed by atoms with Gasteiger partial charge < -0.3 is 18.9 Å². The van der Waals surface area contributed by atoms with Crippen molar-refractivity contribution in [1.29, 1.82) is 0 Å². The summed E-state index contributed by atoms with van der Waals surface area (Å²) in [5.41, 5.74) is 1.15. The molecule has 0 unspecified atom stereocenters. The van der Waals surface area contributed by atoms with Gasteiger partial charge in [0.1, 0.15) is 0 Å². The van der Waals surface area contributed by atoms with Gasteiger partial charge in [0.05, 0.1) is 28.4 Å². The normalized spacial score (nSPS) is 10.7. The zero-order valence-electron chi connectivity index (χ0n) is 17.2. The summed E-state index contributed by atoms with van der Waals surface area (Å²) < 4.78 is 22.6. The van der Waals surface area contributed by atoms with Gasteiger partial charge in [0.15, 0.2) is 28.8 Å². The Balaban J connectivity index is 1.61. The number of anilines is 1. The fraction of sp³-hybridized carbons (Fsp3) is 0.200. The van der Waals surface area contributed by atoms with Gasteiger partial charge in [-0.2, -0.15) is 4.52 Å². The number of carbonyl (C=O) groups excluding carboxylic acids is 1. The smallest absolute Gasteiger partial charge is 0.257 e. The molecule has 2 heterocycles. The van der Waals surface area contributed by atoms with E-state index < -0.39 is 0 Å². The number of rotatable bonds is 7. The molecule has 11 heteroatoms. The second kappa shape index (κ2) is 8.48. The zero-order valence-corrected chi connectivity index (χ0v) is 18.0. The molecule has 0 atom stereocenters. The highest BCUT2D eigenvalue weighted by Gasteiger charge is 2.18. The quantitative estimate of drug-likeness (QED) is 0.466. The summed E-state index contributed by atoms with van der Waals surface area (Å²) in [6, 6.07) is 10.3. The molecule has 160 valence electrons. The summed E-state index contributed by atoms with van der Waals surface area (Å²) in [6.07, 6.45) is 0. The van der Waals surface area contributed by atoms with E-state index in [0.717, 1.165) is 5.56 Å². The molecule has 10 nitrogen and oxygen atoms in total. The Hall–Kier alpha value is -3.86. The number of nitrogens with one attached hydrogen (secondary N) is 1. The number of hydrogen-bond acceptors (Lipinski definition) is 9. The van der Waals surface area contributed by atoms with Crippen LogP contribution in [0.15, 0.2) is 36.4 Å². The van der Waals surface area contributed by atoms with Crippen LogP contribution >= 0.6 is 11.3 Å². The predicted molar refractivity (Wildman–Crippen MR) is 115 cm³/mol. The monoisotopic (exact) mass is 441 g/mol. The SMILES string of the molecule is COc1ccc(C(=O)Nc2nn3c(-c4ccc(OC)c(OC)c4)nnc3s2)cc1OC. The Morgan fingerprint density at radius 2 is 1.52 bits per heavy atom. The number of carbonyl (C=O) groups is 1. The fourth-order valence-corrected chi connectivity index (χ4v) is 3.70. The van der Waals surface area contributed by atoms with Gasteiger partial charge in [0.2, 0.25) is 10.1 Å². The number of benzene rings is 2. The van der Waals surface area contributed by atoms with Crippen LogP contribution in [-0.2, 0) is 0 Å². The summed E-state index contributed by atoms with van der Waals surface area (Å²) in [7, 11) is 6.18. The lowest BCUT2D eigenvalue weighted by molar-refractivity contribution is 0.102. The van der Waals surface area contributed by atoms with E-state index in [4.69, 9.17) is 18.9 Å². The van der Waals surface area contributed by atoms with Crippen LogP contribution in [-0.4, -0.2) is 54.2 Å². The van der Waals surface area contributed by atoms with E-state index in [1.165, 1.54) is 25.6 Å². The van der Waals surface area contributed by atoms with Crippen LogP contribution in [0.25, 0.3) is 16.3 Å². The molecule has 0 saturated carbocycles. The Labute approximate surface area is 181 Å². The Morgan fingerprint density at radius 1 is 0.871 bits per heavy atom. The van der Waals surface area contributed by atoms with Gasteiger partial charge in [-0.25, -0.2) is 0 Å². The number of nitrogens with zero attached hydrogens (tertiary/aromatic N) is 4. The molecule has 1 amide bonds. The third-order valence-corrected chi connectivity index (χ3v) is 5.31. The molecule has 0 aliphatic heterocycles. The largest absolute Gasteiger partial charge is 0.493 e. The van der Waals surface area contributed by atoms with Gasteiger partial charge in [-0.1, -0.05) is 11.3 Å². The molecule has 2 aromatic carbocycles. The molecule has 4 aromatic rings. The molecule has 31 heavy (non-hydrogen) atoms. The minimum Gasteiger partial charge on any atom is -0.493 e. The van der Waals surface area contributed by atoms with E-state index in [1.807, 2.05) is 6.07 Å². The first-order chi connectivity index (χ1) is 15.1. The number of methoxy groups -OCH3 is 4. The van der Waals surface area contributed by atoms with Gasteiger partial charge in [-0.15, -0.1) is 15.3 Å². The van der Waals surface area contributed by atoms with Crippen LogP contribution in [0, 0.1) is 0 Å². The molecule has 2 aromatic heterocycles. The van der Waals surface area contributed by atoms with Crippen LogP contribution < -0.4 is 24.3 Å². The lowest BCUT2D eigenvalue weighted by Gasteiger charge is -2.09. The maximum atomic E-state index is 12.7. The topological polar surface area (TPSA) is 109 Å². The standard InChI is InChI=1S/C20H19N5O5S/c1-27-13-7-5-11(9-15(13)29-3)17-22-23-20-25(17)24-19(31-20)21-18(26)12-6-8-14(28-2)16(10-12)30-4/h5-10H,1-4H3,(H,21,24,26). The summed E-state index contributed by atoms with van der Waals surface area (Å²) >= 11 is 1.21. The molecule has 0 bridgehead atoms. The van der Waals surface area contributed by atoms with Gasteiger partial charge in [0, 0.05) is 11.1 Å². The second-order valence-corrected chi connectivity index (χ2v) is 7.17. The van der Waals surface area contributed by atoms with Gasteiger partial charge in [-0.3, -0.25) is 10.1 Å². The first kappa shape index (κ1) is 20.4. The van der Waals surface area contributed by atoms with Gasteiger partial charge in [-0.05, 0) is 36.4 Å². The first-order valence-corrected chi connectivity index (χ1v) is 9.87. The minimum absolute atomic E-state index is 0.335. The Kier molecular flexibility index (Phi) is 5.58. The Morgan fingerprint density at radius 3 is 2.19 bits per heavy atom. The average molecular weight is 441 g/mol. The van der Waals surface area contributed by atoms with Crippen molar-refractivity contribution in [1.82, 2.24) is 19.8 Å². The zero-order chi connectivity index (χ0) is 22.0. The highest BCUT2D eigenvalue weighted by atomic mass is 32.1. The van der Waals surface area contributed by atoms with E-state index in [1.54, 1.807) is 49.1 Å². The van der Waals surface area contributed by atoms with Crippen LogP contribution in [0.4, 0.5) is 5.13 Å². The number of hydrogen-bond donors (Lipinski definition) is 1. The summed E-state index contributed by atoms with van der Waals surface area (Å²) in [6.45, 7) is 0. The van der Waals surface area contributed by atoms with Crippen molar-refractivity contribution in [3.05, 3.63) is 42.0 Å². The van der Waals surface area contributed by atoms with Gasteiger partial charge in [0.25, 0.3) is 5.91 Å². The number of amides is 1. The molecular formula is C20H19N5O5S. The highest BCUT2D eigenvalue weighted by Crippen LogP contribution is 2.33. The lowest BCUT2D eigenvalue weighted by atomic mass is 10.2. The molecular weight excluding hydrogens is 422 g/mol. The molecule has 0 spiro atoms. The van der Waals surface area contributed by atoms with Crippen molar-refractivity contribution >= 4 is 27.3 Å². The maximum absolute atomic E-state index is 12.7. The summed E-state index contributed by atoms with van der Waals surface area (Å²) in [4.78, 5) is 13.2. The van der Waals surface area contributed by atoms with Crippen LogP contribution in [0.3, 0.4) is 0 Å². The molecule has 0 aliphatic rings. The van der Waals surface area contributed by atoms with Crippen molar-refractivity contribution in [2.45, 2.75) is 0 Å². The van der Waals surface area contributed by atoms with Crippen LogP contribution in [0.5, 0.6) is 23.0 Å². The van der Waals surface area contributed by atoms with E-state index >= 15 is 0 Å². The van der Waals surface area contributed by atoms with Crippen LogP contribution in [0.1, 0.15) is 10.4 Å². The van der Waals surface area contributed by atoms with Gasteiger partial charge >= 0.3 is 0 Å². The molecule has 1 N–H and O–H groups in total. The van der Waals surface area contributed by atoms with Crippen molar-refractivity contribution in [2.24, 2.45) is 0 Å². The number of aromatic nitrogens is 4. The molecule has 0 fully saturated rings. The number of ether oxygens (including phenoxy) is 4. The summed E-state index contributed by atoms with van der Waals surface area (Å²) in [5.74, 6) is 2.35. The van der Waals surface area contributed by atoms with E-state index in [-0.39, 0.29) is 5.91 Å². The number of fused-ring (bicyclic) bond motifs is 1. The van der Waals surface area contributed by atoms with Crippen molar-refractivity contribution in [2.75, 3.05) is 33.8 Å². The minimum atomic E-state index is -0.335. The van der Waals surface area contributed by atoms with Crippen molar-refractivity contribution < 1.29 is 23.7 Å². The molecule has 0 aliphatic carbocycles. The summed E-state index contributed by atoms with van der Waals surface area (Å²) in [5, 5.41) is 16.0. The van der Waals surface area contributed by atoms with Crippen LogP contribution in [0.2, 0.25) is 0 Å².